The molecule has 0 amide bonds. The minimum absolute atomic E-state index is 0.0710. The number of hydrogen-bond donors (Lipinski definition) is 0. The van der Waals surface area contributed by atoms with Gasteiger partial charge >= 0.3 is 0 Å². The van der Waals surface area contributed by atoms with Gasteiger partial charge in [-0.3, -0.25) is 0 Å². The molecule has 2 rings (SSSR count). The van der Waals surface area contributed by atoms with Gasteiger partial charge in [0.25, 0.3) is 0 Å². The van der Waals surface area contributed by atoms with Crippen molar-refractivity contribution in [1.82, 2.24) is 20.2 Å². The smallest absolute Gasteiger partial charge is 0.202 e. The number of benzene rings is 1. The van der Waals surface area contributed by atoms with Crippen LogP contribution in [0.25, 0.3) is 5.69 Å². The van der Waals surface area contributed by atoms with Crippen molar-refractivity contribution in [3.63, 3.8) is 0 Å². The van der Waals surface area contributed by atoms with Gasteiger partial charge in [0.1, 0.15) is 12.0 Å². The van der Waals surface area contributed by atoms with E-state index in [0.29, 0.717) is 0 Å². The van der Waals surface area contributed by atoms with Gasteiger partial charge in [-0.2, -0.15) is 9.07 Å². The summed E-state index contributed by atoms with van der Waals surface area (Å²) in [6, 6.07) is 2.63. The maximum atomic E-state index is 13.4. The first-order chi connectivity index (χ1) is 7.24. The van der Waals surface area contributed by atoms with Crippen LogP contribution in [0.2, 0.25) is 0 Å². The summed E-state index contributed by atoms with van der Waals surface area (Å²) < 4.78 is 32.4. The van der Waals surface area contributed by atoms with E-state index < -0.39 is 11.6 Å². The normalized spacial score (nSPS) is 10.3. The summed E-state index contributed by atoms with van der Waals surface area (Å²) in [5.41, 5.74) is -0.0710. The second-order valence-corrected chi connectivity index (χ2v) is 2.67. The van der Waals surface area contributed by atoms with Crippen LogP contribution in [0.3, 0.4) is 0 Å². The van der Waals surface area contributed by atoms with Crippen LogP contribution in [0.15, 0.2) is 18.5 Å². The molecule has 1 aromatic heterocycles. The van der Waals surface area contributed by atoms with Crippen LogP contribution >= 0.6 is 0 Å². The van der Waals surface area contributed by atoms with E-state index in [4.69, 9.17) is 0 Å². The molecule has 0 saturated carbocycles. The quantitative estimate of drug-likeness (QED) is 0.743. The fourth-order valence-corrected chi connectivity index (χ4v) is 1.13. The van der Waals surface area contributed by atoms with Crippen molar-refractivity contribution >= 4 is 0 Å². The number of ether oxygens (including phenoxy) is 1. The van der Waals surface area contributed by atoms with Crippen molar-refractivity contribution < 1.29 is 13.5 Å². The number of aromatic nitrogens is 4. The van der Waals surface area contributed by atoms with E-state index in [1.165, 1.54) is 25.6 Å². The summed E-state index contributed by atoms with van der Waals surface area (Å²) in [6.07, 6.45) is 1.17. The highest BCUT2D eigenvalue weighted by atomic mass is 19.2. The van der Waals surface area contributed by atoms with Crippen LogP contribution in [-0.4, -0.2) is 27.3 Å². The Morgan fingerprint density at radius 2 is 2.07 bits per heavy atom. The molecule has 7 heteroatoms. The van der Waals surface area contributed by atoms with Crippen LogP contribution in [0.5, 0.6) is 5.75 Å². The van der Waals surface area contributed by atoms with E-state index in [0.717, 1.165) is 4.68 Å². The van der Waals surface area contributed by atoms with Gasteiger partial charge < -0.3 is 4.74 Å². The standard InChI is InChI=1S/C8H6F2N4O/c1-15-6-3-2-5(7(9)8(6)10)14-4-11-12-13-14/h2-4H,1H3. The fourth-order valence-electron chi connectivity index (χ4n) is 1.13. The molecule has 5 nitrogen and oxygen atoms in total. The van der Waals surface area contributed by atoms with E-state index in [-0.39, 0.29) is 11.4 Å². The van der Waals surface area contributed by atoms with E-state index in [2.05, 4.69) is 20.3 Å². The second kappa shape index (κ2) is 3.60. The third kappa shape index (κ3) is 1.51. The van der Waals surface area contributed by atoms with E-state index in [1.807, 2.05) is 0 Å². The monoisotopic (exact) mass is 212 g/mol. The SMILES string of the molecule is COc1ccc(-n2cnnn2)c(F)c1F. The molecule has 15 heavy (non-hydrogen) atoms. The van der Waals surface area contributed by atoms with Crippen molar-refractivity contribution in [2.45, 2.75) is 0 Å². The van der Waals surface area contributed by atoms with E-state index in [1.54, 1.807) is 0 Å². The van der Waals surface area contributed by atoms with Gasteiger partial charge in [0.2, 0.25) is 5.82 Å². The van der Waals surface area contributed by atoms with Crippen molar-refractivity contribution in [3.8, 4) is 11.4 Å². The van der Waals surface area contributed by atoms with Gasteiger partial charge in [-0.15, -0.1) is 5.10 Å². The summed E-state index contributed by atoms with van der Waals surface area (Å²) in [5.74, 6) is -2.28. The van der Waals surface area contributed by atoms with Crippen LogP contribution in [0.4, 0.5) is 8.78 Å². The molecule has 0 radical (unpaired) electrons. The molecule has 2 aromatic rings. The zero-order chi connectivity index (χ0) is 10.8. The number of methoxy groups -OCH3 is 1. The Morgan fingerprint density at radius 3 is 2.67 bits per heavy atom. The lowest BCUT2D eigenvalue weighted by Crippen LogP contribution is -2.02. The molecule has 1 aromatic carbocycles. The number of hydrogen-bond acceptors (Lipinski definition) is 4. The number of rotatable bonds is 2. The molecule has 0 spiro atoms. The van der Waals surface area contributed by atoms with Crippen molar-refractivity contribution in [1.29, 1.82) is 0 Å². The summed E-state index contributed by atoms with van der Waals surface area (Å²) in [6.45, 7) is 0. The van der Waals surface area contributed by atoms with Gasteiger partial charge in [0.15, 0.2) is 11.6 Å². The highest BCUT2D eigenvalue weighted by Crippen LogP contribution is 2.23. The Balaban J connectivity index is 2.56. The average Bonchev–Trinajstić information content (AvgIpc) is 2.75. The molecule has 0 N–H and O–H groups in total. The van der Waals surface area contributed by atoms with Crippen molar-refractivity contribution in [2.75, 3.05) is 7.11 Å². The lowest BCUT2D eigenvalue weighted by atomic mass is 10.2. The molecule has 0 atom stereocenters. The second-order valence-electron chi connectivity index (χ2n) is 2.67. The molecule has 1 heterocycles. The van der Waals surface area contributed by atoms with Gasteiger partial charge in [0, 0.05) is 0 Å². The van der Waals surface area contributed by atoms with Gasteiger partial charge in [-0.1, -0.05) is 0 Å². The summed E-state index contributed by atoms with van der Waals surface area (Å²) in [7, 11) is 1.26. The van der Waals surface area contributed by atoms with Crippen molar-refractivity contribution in [2.24, 2.45) is 0 Å². The maximum absolute atomic E-state index is 13.4. The predicted octanol–water partition coefficient (Wildman–Crippen LogP) is 0.949. The summed E-state index contributed by atoms with van der Waals surface area (Å²) >= 11 is 0. The molecule has 0 bridgehead atoms. The zero-order valence-electron chi connectivity index (χ0n) is 7.69. The molecular weight excluding hydrogens is 206 g/mol. The molecule has 0 aliphatic rings. The third-order valence-electron chi connectivity index (χ3n) is 1.84. The molecule has 0 aliphatic carbocycles. The highest BCUT2D eigenvalue weighted by Gasteiger charge is 2.15. The van der Waals surface area contributed by atoms with Gasteiger partial charge in [-0.25, -0.2) is 4.39 Å². The minimum atomic E-state index is -1.06. The lowest BCUT2D eigenvalue weighted by molar-refractivity contribution is 0.371. The van der Waals surface area contributed by atoms with Crippen LogP contribution in [0.1, 0.15) is 0 Å². The first-order valence-electron chi connectivity index (χ1n) is 3.99. The third-order valence-corrected chi connectivity index (χ3v) is 1.84. The van der Waals surface area contributed by atoms with Crippen LogP contribution in [0, 0.1) is 11.6 Å². The topological polar surface area (TPSA) is 52.8 Å². The number of tetrazole rings is 1. The Bertz CT molecular complexity index is 472. The molecule has 0 fully saturated rings. The molecule has 0 saturated heterocycles. The van der Waals surface area contributed by atoms with Gasteiger partial charge in [-0.05, 0) is 22.6 Å². The fraction of sp³-hybridized carbons (Fsp3) is 0.125. The highest BCUT2D eigenvalue weighted by molar-refractivity contribution is 5.39. The number of halogens is 2. The number of nitrogens with zero attached hydrogens (tertiary/aromatic N) is 4. The van der Waals surface area contributed by atoms with Crippen LogP contribution < -0.4 is 4.74 Å². The first kappa shape index (κ1) is 9.50. The molecule has 78 valence electrons. The average molecular weight is 212 g/mol. The largest absolute Gasteiger partial charge is 0.494 e. The van der Waals surface area contributed by atoms with E-state index in [9.17, 15) is 8.78 Å². The maximum Gasteiger partial charge on any atom is 0.202 e. The Labute approximate surface area is 83.3 Å². The summed E-state index contributed by atoms with van der Waals surface area (Å²) in [4.78, 5) is 0. The first-order valence-corrected chi connectivity index (χ1v) is 3.99. The van der Waals surface area contributed by atoms with E-state index >= 15 is 0 Å². The molecule has 0 aliphatic heterocycles. The molecule has 0 unspecified atom stereocenters. The van der Waals surface area contributed by atoms with Crippen molar-refractivity contribution in [3.05, 3.63) is 30.1 Å². The Kier molecular flexibility index (Phi) is 2.28. The molecular formula is C8H6F2N4O. The zero-order valence-corrected chi connectivity index (χ0v) is 7.69. The minimum Gasteiger partial charge on any atom is -0.494 e. The lowest BCUT2D eigenvalue weighted by Gasteiger charge is -2.05. The van der Waals surface area contributed by atoms with Gasteiger partial charge in [0.05, 0.1) is 7.11 Å². The van der Waals surface area contributed by atoms with Crippen LogP contribution in [-0.2, 0) is 0 Å². The predicted molar refractivity (Wildman–Crippen MR) is 45.6 cm³/mol. The Hall–Kier alpha value is -2.05. The summed E-state index contributed by atoms with van der Waals surface area (Å²) in [5, 5.41) is 10.1. The Morgan fingerprint density at radius 1 is 1.27 bits per heavy atom.